The second-order valence-electron chi connectivity index (χ2n) is 11.3. The Morgan fingerprint density at radius 2 is 1.71 bits per heavy atom. The highest BCUT2D eigenvalue weighted by atomic mass is 19.1. The van der Waals surface area contributed by atoms with Gasteiger partial charge in [-0.2, -0.15) is 4.98 Å². The zero-order valence-corrected chi connectivity index (χ0v) is 23.5. The van der Waals surface area contributed by atoms with Crippen LogP contribution in [-0.4, -0.2) is 81.7 Å². The fourth-order valence-corrected chi connectivity index (χ4v) is 5.94. The van der Waals surface area contributed by atoms with E-state index in [0.29, 0.717) is 43.1 Å². The van der Waals surface area contributed by atoms with Crippen molar-refractivity contribution in [3.05, 3.63) is 83.8 Å². The number of carbonyl (C=O) groups is 1. The van der Waals surface area contributed by atoms with Gasteiger partial charge in [-0.25, -0.2) is 8.91 Å². The van der Waals surface area contributed by atoms with Gasteiger partial charge in [-0.3, -0.25) is 4.79 Å². The van der Waals surface area contributed by atoms with Crippen LogP contribution in [-0.2, 0) is 5.60 Å². The normalized spacial score (nSPS) is 18.0. The van der Waals surface area contributed by atoms with Crippen molar-refractivity contribution < 1.29 is 14.3 Å². The molecule has 6 rings (SSSR count). The molecule has 41 heavy (non-hydrogen) atoms. The van der Waals surface area contributed by atoms with Crippen LogP contribution in [0.15, 0.2) is 66.9 Å². The van der Waals surface area contributed by atoms with Gasteiger partial charge in [0, 0.05) is 43.6 Å². The van der Waals surface area contributed by atoms with Crippen LogP contribution in [0.2, 0.25) is 0 Å². The van der Waals surface area contributed by atoms with Gasteiger partial charge in [0.2, 0.25) is 5.95 Å². The molecule has 9 nitrogen and oxygen atoms in total. The number of nitrogens with one attached hydrogen (secondary N) is 1. The zero-order chi connectivity index (χ0) is 28.6. The standard InChI is InChI=1S/C31H36FN7O2/c1-36-18-13-26(14-19-36)37(2)29(40)22-5-11-25(12-6-22)33-30-34-28-27(4-3-17-39(28)35-30)38-20-15-31(41,16-21-38)23-7-9-24(32)10-8-23/h3-12,17,26,41H,13-16,18-21H2,1-2H3,(H,33,35). The van der Waals surface area contributed by atoms with Gasteiger partial charge in [-0.1, -0.05) is 12.1 Å². The Labute approximate surface area is 239 Å². The molecule has 0 saturated carbocycles. The van der Waals surface area contributed by atoms with Crippen molar-refractivity contribution in [1.82, 2.24) is 24.4 Å². The molecule has 2 N–H and O–H groups in total. The van der Waals surface area contributed by atoms with Crippen molar-refractivity contribution in [3.8, 4) is 0 Å². The number of hydrogen-bond acceptors (Lipinski definition) is 7. The molecule has 2 fully saturated rings. The maximum atomic E-state index is 13.4. The first-order valence-electron chi connectivity index (χ1n) is 14.2. The van der Waals surface area contributed by atoms with E-state index < -0.39 is 5.60 Å². The number of carbonyl (C=O) groups excluding carboxylic acids is 1. The summed E-state index contributed by atoms with van der Waals surface area (Å²) in [5.74, 6) is 0.187. The fourth-order valence-electron chi connectivity index (χ4n) is 5.94. The van der Waals surface area contributed by atoms with Crippen molar-refractivity contribution in [2.75, 3.05) is 50.5 Å². The molecule has 0 unspecified atom stereocenters. The maximum absolute atomic E-state index is 13.4. The molecule has 2 aromatic carbocycles. The van der Waals surface area contributed by atoms with Crippen molar-refractivity contribution in [2.45, 2.75) is 37.3 Å². The molecule has 214 valence electrons. The monoisotopic (exact) mass is 557 g/mol. The first kappa shape index (κ1) is 27.2. The van der Waals surface area contributed by atoms with Crippen LogP contribution in [0.3, 0.4) is 0 Å². The molecule has 2 aromatic heterocycles. The van der Waals surface area contributed by atoms with E-state index in [1.807, 2.05) is 54.5 Å². The van der Waals surface area contributed by atoms with E-state index in [1.54, 1.807) is 16.6 Å². The summed E-state index contributed by atoms with van der Waals surface area (Å²) < 4.78 is 15.1. The van der Waals surface area contributed by atoms with Gasteiger partial charge in [0.1, 0.15) is 5.82 Å². The quantitative estimate of drug-likeness (QED) is 0.366. The molecule has 0 radical (unpaired) electrons. The van der Waals surface area contributed by atoms with E-state index in [4.69, 9.17) is 4.98 Å². The summed E-state index contributed by atoms with van der Waals surface area (Å²) in [7, 11) is 4.02. The summed E-state index contributed by atoms with van der Waals surface area (Å²) >= 11 is 0. The van der Waals surface area contributed by atoms with Crippen molar-refractivity contribution >= 4 is 28.9 Å². The second-order valence-corrected chi connectivity index (χ2v) is 11.3. The Hall–Kier alpha value is -4.02. The predicted octanol–water partition coefficient (Wildman–Crippen LogP) is 4.27. The molecule has 0 aliphatic carbocycles. The van der Waals surface area contributed by atoms with Crippen LogP contribution in [0.5, 0.6) is 0 Å². The van der Waals surface area contributed by atoms with Gasteiger partial charge in [0.05, 0.1) is 11.3 Å². The fraction of sp³-hybridized carbons (Fsp3) is 0.387. The highest BCUT2D eigenvalue weighted by molar-refractivity contribution is 5.94. The molecular formula is C31H36FN7O2. The Morgan fingerprint density at radius 3 is 2.39 bits per heavy atom. The molecular weight excluding hydrogens is 521 g/mol. The molecule has 4 aromatic rings. The van der Waals surface area contributed by atoms with Gasteiger partial charge in [0.25, 0.3) is 5.91 Å². The molecule has 2 saturated heterocycles. The Morgan fingerprint density at radius 1 is 1.02 bits per heavy atom. The first-order chi connectivity index (χ1) is 19.8. The molecule has 0 spiro atoms. The SMILES string of the molecule is CN1CCC(N(C)C(=O)c2ccc(Nc3nc4c(N5CCC(O)(c6ccc(F)cc6)CC5)cccn4n3)cc2)CC1. The van der Waals surface area contributed by atoms with Crippen LogP contribution in [0, 0.1) is 5.82 Å². The van der Waals surface area contributed by atoms with E-state index in [0.717, 1.165) is 42.9 Å². The number of nitrogens with zero attached hydrogens (tertiary/aromatic N) is 6. The minimum absolute atomic E-state index is 0.0365. The smallest absolute Gasteiger partial charge is 0.253 e. The molecule has 0 bridgehead atoms. The number of halogens is 1. The van der Waals surface area contributed by atoms with E-state index in [-0.39, 0.29) is 17.8 Å². The topological polar surface area (TPSA) is 89.2 Å². The van der Waals surface area contributed by atoms with Crippen molar-refractivity contribution in [3.63, 3.8) is 0 Å². The number of aliphatic hydroxyl groups is 1. The summed E-state index contributed by atoms with van der Waals surface area (Å²) in [5, 5.41) is 19.1. The van der Waals surface area contributed by atoms with Gasteiger partial charge >= 0.3 is 0 Å². The number of fused-ring (bicyclic) bond motifs is 1. The van der Waals surface area contributed by atoms with Crippen LogP contribution >= 0.6 is 0 Å². The average molecular weight is 558 g/mol. The largest absolute Gasteiger partial charge is 0.385 e. The van der Waals surface area contributed by atoms with Crippen LogP contribution < -0.4 is 10.2 Å². The van der Waals surface area contributed by atoms with Gasteiger partial charge in [-0.15, -0.1) is 5.10 Å². The Balaban J connectivity index is 1.12. The number of aromatic nitrogens is 3. The molecule has 10 heteroatoms. The summed E-state index contributed by atoms with van der Waals surface area (Å²) in [5.41, 5.74) is 2.87. The summed E-state index contributed by atoms with van der Waals surface area (Å²) in [6.45, 7) is 3.28. The number of pyridine rings is 1. The van der Waals surface area contributed by atoms with Gasteiger partial charge in [-0.05, 0) is 99.9 Å². The minimum Gasteiger partial charge on any atom is -0.385 e. The Kier molecular flexibility index (Phi) is 7.35. The van der Waals surface area contributed by atoms with Crippen molar-refractivity contribution in [2.24, 2.45) is 0 Å². The lowest BCUT2D eigenvalue weighted by atomic mass is 9.84. The van der Waals surface area contributed by atoms with Crippen LogP contribution in [0.25, 0.3) is 5.65 Å². The van der Waals surface area contributed by atoms with E-state index in [9.17, 15) is 14.3 Å². The van der Waals surface area contributed by atoms with Crippen molar-refractivity contribution in [1.29, 1.82) is 0 Å². The number of hydrogen-bond donors (Lipinski definition) is 2. The van der Waals surface area contributed by atoms with Gasteiger partial charge < -0.3 is 25.1 Å². The number of likely N-dealkylation sites (tertiary alicyclic amines) is 1. The number of benzene rings is 2. The lowest BCUT2D eigenvalue weighted by molar-refractivity contribution is 0.0117. The molecule has 1 amide bonds. The lowest BCUT2D eigenvalue weighted by Gasteiger charge is -2.39. The maximum Gasteiger partial charge on any atom is 0.253 e. The molecule has 2 aliphatic heterocycles. The third kappa shape index (κ3) is 5.62. The number of piperidine rings is 2. The number of rotatable bonds is 6. The number of anilines is 3. The second kappa shape index (κ2) is 11.1. The highest BCUT2D eigenvalue weighted by Crippen LogP contribution is 2.35. The lowest BCUT2D eigenvalue weighted by Crippen LogP contribution is -2.44. The zero-order valence-electron chi connectivity index (χ0n) is 23.5. The highest BCUT2D eigenvalue weighted by Gasteiger charge is 2.34. The van der Waals surface area contributed by atoms with E-state index in [1.165, 1.54) is 12.1 Å². The third-order valence-electron chi connectivity index (χ3n) is 8.60. The average Bonchev–Trinajstić information content (AvgIpc) is 3.41. The Bertz CT molecular complexity index is 1510. The van der Waals surface area contributed by atoms with E-state index in [2.05, 4.69) is 27.3 Å². The van der Waals surface area contributed by atoms with Crippen LogP contribution in [0.4, 0.5) is 21.7 Å². The molecule has 4 heterocycles. The summed E-state index contributed by atoms with van der Waals surface area (Å²) in [6, 6.07) is 17.8. The summed E-state index contributed by atoms with van der Waals surface area (Å²) in [4.78, 5) is 24.2. The summed E-state index contributed by atoms with van der Waals surface area (Å²) in [6.07, 6.45) is 4.89. The molecule has 2 aliphatic rings. The predicted molar refractivity (Wildman–Crippen MR) is 157 cm³/mol. The molecule has 0 atom stereocenters. The number of amides is 1. The van der Waals surface area contributed by atoms with Crippen LogP contribution in [0.1, 0.15) is 41.6 Å². The van der Waals surface area contributed by atoms with E-state index >= 15 is 0 Å². The first-order valence-corrected chi connectivity index (χ1v) is 14.2. The van der Waals surface area contributed by atoms with Gasteiger partial charge in [0.15, 0.2) is 5.65 Å². The third-order valence-corrected chi connectivity index (χ3v) is 8.60. The minimum atomic E-state index is -0.981.